The molecule has 2 aliphatic heterocycles. The number of hydrogen-bond acceptors (Lipinski definition) is 5. The summed E-state index contributed by atoms with van der Waals surface area (Å²) in [4.78, 5) is 30.0. The second-order valence-corrected chi connectivity index (χ2v) is 11.1. The van der Waals surface area contributed by atoms with Gasteiger partial charge in [-0.1, -0.05) is 38.2 Å². The van der Waals surface area contributed by atoms with Crippen LogP contribution in [0.1, 0.15) is 51.4 Å². The second-order valence-electron chi connectivity index (χ2n) is 11.1. The number of carbonyl (C=O) groups is 2. The van der Waals surface area contributed by atoms with E-state index in [-0.39, 0.29) is 41.7 Å². The van der Waals surface area contributed by atoms with Crippen LogP contribution in [0.15, 0.2) is 24.1 Å². The molecule has 3 N–H and O–H groups in total. The van der Waals surface area contributed by atoms with Gasteiger partial charge >= 0.3 is 6.03 Å². The minimum absolute atomic E-state index is 0.0441. The Bertz CT molecular complexity index is 848. The van der Waals surface area contributed by atoms with E-state index in [2.05, 4.69) is 15.5 Å². The fourth-order valence-electron chi connectivity index (χ4n) is 6.50. The van der Waals surface area contributed by atoms with Crippen molar-refractivity contribution in [3.63, 3.8) is 0 Å². The molecule has 8 nitrogen and oxygen atoms in total. The van der Waals surface area contributed by atoms with Crippen LogP contribution in [0.25, 0.3) is 0 Å². The molecular formula is C26H39FN4O4. The lowest BCUT2D eigenvalue weighted by molar-refractivity contribution is -0.126. The van der Waals surface area contributed by atoms with Crippen LogP contribution in [0.2, 0.25) is 0 Å². The van der Waals surface area contributed by atoms with E-state index >= 15 is 0 Å². The SMILES string of the molecule is O=C(N[C@@H](O)CN1CC2(CC2)C2C=C(F)C=CC21)C(CC1CCCCC1)NC(=O)N1CCOCC1. The highest BCUT2D eigenvalue weighted by atomic mass is 19.1. The predicted octanol–water partition coefficient (Wildman–Crippen LogP) is 2.31. The van der Waals surface area contributed by atoms with Gasteiger partial charge in [0.25, 0.3) is 0 Å². The number of aliphatic hydroxyl groups excluding tert-OH is 1. The van der Waals surface area contributed by atoms with Crippen LogP contribution in [0.4, 0.5) is 9.18 Å². The molecule has 2 saturated heterocycles. The fourth-order valence-corrected chi connectivity index (χ4v) is 6.50. The van der Waals surface area contributed by atoms with Gasteiger partial charge in [0.1, 0.15) is 18.1 Å². The summed E-state index contributed by atoms with van der Waals surface area (Å²) < 4.78 is 19.2. The van der Waals surface area contributed by atoms with Gasteiger partial charge < -0.3 is 25.4 Å². The summed E-state index contributed by atoms with van der Waals surface area (Å²) in [6.45, 7) is 3.09. The number of fused-ring (bicyclic) bond motifs is 2. The summed E-state index contributed by atoms with van der Waals surface area (Å²) in [5, 5.41) is 16.5. The minimum atomic E-state index is -1.06. The van der Waals surface area contributed by atoms with Crippen molar-refractivity contribution < 1.29 is 23.8 Å². The molecule has 2 saturated carbocycles. The van der Waals surface area contributed by atoms with Crippen molar-refractivity contribution in [1.82, 2.24) is 20.4 Å². The lowest BCUT2D eigenvalue weighted by atomic mass is 9.84. The number of rotatable bonds is 7. The zero-order valence-corrected chi connectivity index (χ0v) is 20.5. The molecule has 1 spiro atoms. The van der Waals surface area contributed by atoms with Gasteiger partial charge in [-0.3, -0.25) is 9.69 Å². The molecule has 3 amide bonds. The highest BCUT2D eigenvalue weighted by molar-refractivity contribution is 5.87. The number of allylic oxidation sites excluding steroid dienone is 2. The molecule has 0 bridgehead atoms. The van der Waals surface area contributed by atoms with Gasteiger partial charge in [-0.15, -0.1) is 0 Å². The number of β-amino-alcohol motifs (C(OH)–C–C–N with tert-alkyl or cyclic N) is 1. The van der Waals surface area contributed by atoms with E-state index in [9.17, 15) is 19.1 Å². The molecular weight excluding hydrogens is 451 g/mol. The summed E-state index contributed by atoms with van der Waals surface area (Å²) in [7, 11) is 0. The normalized spacial score (nSPS) is 29.9. The van der Waals surface area contributed by atoms with E-state index in [1.54, 1.807) is 11.0 Å². The summed E-state index contributed by atoms with van der Waals surface area (Å²) in [5.74, 6) is -0.00602. The average Bonchev–Trinajstić information content (AvgIpc) is 3.58. The quantitative estimate of drug-likeness (QED) is 0.476. The predicted molar refractivity (Wildman–Crippen MR) is 129 cm³/mol. The van der Waals surface area contributed by atoms with Crippen molar-refractivity contribution >= 4 is 11.9 Å². The van der Waals surface area contributed by atoms with Crippen LogP contribution < -0.4 is 10.6 Å². The van der Waals surface area contributed by atoms with Crippen LogP contribution in [0.5, 0.6) is 0 Å². The molecule has 4 fully saturated rings. The first-order valence-electron chi connectivity index (χ1n) is 13.3. The van der Waals surface area contributed by atoms with Crippen LogP contribution in [0.3, 0.4) is 0 Å². The third kappa shape index (κ3) is 5.73. The molecule has 194 valence electrons. The number of halogens is 1. The molecule has 0 radical (unpaired) electrons. The van der Waals surface area contributed by atoms with E-state index < -0.39 is 12.3 Å². The maximum absolute atomic E-state index is 13.9. The number of nitrogens with zero attached hydrogens (tertiary/aromatic N) is 2. The number of morpholine rings is 1. The van der Waals surface area contributed by atoms with Gasteiger partial charge in [0.15, 0.2) is 0 Å². The van der Waals surface area contributed by atoms with Gasteiger partial charge in [0.05, 0.1) is 13.2 Å². The third-order valence-corrected chi connectivity index (χ3v) is 8.62. The standard InChI is InChI=1S/C26H39FN4O4/c27-19-6-7-22-20(15-19)26(8-9-26)17-31(22)16-23(32)29-24(33)21(14-18-4-2-1-3-5-18)28-25(34)30-10-12-35-13-11-30/h6-7,15,18,20-23,32H,1-5,8-14,16-17H2,(H,28,34)(H,29,33)/t20?,21?,22?,23-/m0/s1. The van der Waals surface area contributed by atoms with Crippen molar-refractivity contribution in [1.29, 1.82) is 0 Å². The lowest BCUT2D eigenvalue weighted by Crippen LogP contribution is -2.56. The Morgan fingerprint density at radius 2 is 1.91 bits per heavy atom. The number of ether oxygens (including phenoxy) is 1. The first-order chi connectivity index (χ1) is 16.9. The zero-order valence-electron chi connectivity index (χ0n) is 20.5. The van der Waals surface area contributed by atoms with Gasteiger partial charge in [-0.05, 0) is 42.7 Å². The summed E-state index contributed by atoms with van der Waals surface area (Å²) >= 11 is 0. The molecule has 3 unspecified atom stereocenters. The third-order valence-electron chi connectivity index (χ3n) is 8.62. The number of carbonyl (C=O) groups excluding carboxylic acids is 2. The first kappa shape index (κ1) is 24.7. The number of aliphatic hydroxyl groups is 1. The Morgan fingerprint density at radius 3 is 2.63 bits per heavy atom. The Hall–Kier alpha value is -1.97. The average molecular weight is 491 g/mol. The van der Waals surface area contributed by atoms with Crippen molar-refractivity contribution in [3.8, 4) is 0 Å². The van der Waals surface area contributed by atoms with Crippen LogP contribution >= 0.6 is 0 Å². The van der Waals surface area contributed by atoms with Crippen molar-refractivity contribution in [2.75, 3.05) is 39.4 Å². The second kappa shape index (κ2) is 10.6. The number of nitrogens with one attached hydrogen (secondary N) is 2. The van der Waals surface area contributed by atoms with E-state index in [1.807, 2.05) is 6.08 Å². The maximum atomic E-state index is 13.9. The monoisotopic (exact) mass is 490 g/mol. The van der Waals surface area contributed by atoms with E-state index in [4.69, 9.17) is 4.74 Å². The first-order valence-corrected chi connectivity index (χ1v) is 13.3. The van der Waals surface area contributed by atoms with Gasteiger partial charge in [0.2, 0.25) is 5.91 Å². The van der Waals surface area contributed by atoms with Gasteiger partial charge in [0, 0.05) is 38.1 Å². The van der Waals surface area contributed by atoms with Gasteiger partial charge in [-0.25, -0.2) is 9.18 Å². The molecule has 0 aromatic heterocycles. The molecule has 35 heavy (non-hydrogen) atoms. The van der Waals surface area contributed by atoms with Crippen LogP contribution in [-0.4, -0.2) is 84.5 Å². The molecule has 9 heteroatoms. The van der Waals surface area contributed by atoms with Crippen LogP contribution in [0, 0.1) is 17.3 Å². The molecule has 5 rings (SSSR count). The summed E-state index contributed by atoms with van der Waals surface area (Å²) in [5.41, 5.74) is 0.103. The molecule has 5 aliphatic rings. The number of likely N-dealkylation sites (tertiary alicyclic amines) is 1. The van der Waals surface area contributed by atoms with E-state index in [0.29, 0.717) is 38.6 Å². The summed E-state index contributed by atoms with van der Waals surface area (Å²) in [6.07, 6.45) is 12.4. The van der Waals surface area contributed by atoms with E-state index in [1.165, 1.54) is 12.5 Å². The lowest BCUT2D eigenvalue weighted by Gasteiger charge is -2.32. The topological polar surface area (TPSA) is 94.1 Å². The van der Waals surface area contributed by atoms with Gasteiger partial charge in [-0.2, -0.15) is 0 Å². The Kier molecular flexibility index (Phi) is 7.46. The highest BCUT2D eigenvalue weighted by Crippen LogP contribution is 2.60. The molecule has 2 heterocycles. The molecule has 3 aliphatic carbocycles. The Labute approximate surface area is 206 Å². The number of amides is 3. The summed E-state index contributed by atoms with van der Waals surface area (Å²) in [6, 6.07) is -0.892. The Balaban J connectivity index is 1.19. The maximum Gasteiger partial charge on any atom is 0.318 e. The fraction of sp³-hybridized carbons (Fsp3) is 0.769. The van der Waals surface area contributed by atoms with Crippen LogP contribution in [-0.2, 0) is 9.53 Å². The smallest absolute Gasteiger partial charge is 0.318 e. The van der Waals surface area contributed by atoms with Crippen molar-refractivity contribution in [2.45, 2.75) is 69.7 Å². The highest BCUT2D eigenvalue weighted by Gasteiger charge is 2.58. The zero-order chi connectivity index (χ0) is 24.4. The van der Waals surface area contributed by atoms with Crippen molar-refractivity contribution in [2.24, 2.45) is 17.3 Å². The molecule has 0 aromatic rings. The minimum Gasteiger partial charge on any atom is -0.378 e. The largest absolute Gasteiger partial charge is 0.378 e. The molecule has 4 atom stereocenters. The van der Waals surface area contributed by atoms with E-state index in [0.717, 1.165) is 45.1 Å². The van der Waals surface area contributed by atoms with Crippen molar-refractivity contribution in [3.05, 3.63) is 24.1 Å². The number of urea groups is 1. The number of hydrogen-bond donors (Lipinski definition) is 3. The Morgan fingerprint density at radius 1 is 1.17 bits per heavy atom. The molecule has 0 aromatic carbocycles.